The van der Waals surface area contributed by atoms with Crippen LogP contribution < -0.4 is 10.3 Å². The summed E-state index contributed by atoms with van der Waals surface area (Å²) in [6.07, 6.45) is 0. The standard InChI is InChI=1S/C25H25FN4O2S/c1-32-20-8-2-17(3-9-20)14-29-10-12-30(13-11-29)15-22-27-24(31)23-21(16-33-25(23)28-22)18-4-6-19(26)7-5-18/h2-9,16H,10-15H2,1H3,(H,27,28,31). The molecule has 2 aromatic heterocycles. The van der Waals surface area contributed by atoms with Crippen molar-refractivity contribution in [3.05, 3.63) is 81.5 Å². The van der Waals surface area contributed by atoms with Crippen molar-refractivity contribution >= 4 is 21.6 Å². The quantitative estimate of drug-likeness (QED) is 0.465. The predicted octanol–water partition coefficient (Wildman–Crippen LogP) is 4.12. The van der Waals surface area contributed by atoms with Crippen molar-refractivity contribution in [1.29, 1.82) is 0 Å². The van der Waals surface area contributed by atoms with Gasteiger partial charge in [0, 0.05) is 43.7 Å². The summed E-state index contributed by atoms with van der Waals surface area (Å²) in [6, 6.07) is 14.4. The molecule has 0 unspecified atom stereocenters. The highest BCUT2D eigenvalue weighted by Gasteiger charge is 2.19. The van der Waals surface area contributed by atoms with Gasteiger partial charge in [-0.3, -0.25) is 14.6 Å². The normalized spacial score (nSPS) is 15.2. The minimum absolute atomic E-state index is 0.145. The minimum atomic E-state index is -0.295. The van der Waals surface area contributed by atoms with E-state index in [1.807, 2.05) is 17.5 Å². The lowest BCUT2D eigenvalue weighted by Gasteiger charge is -2.34. The van der Waals surface area contributed by atoms with E-state index >= 15 is 0 Å². The first-order valence-corrected chi connectivity index (χ1v) is 11.8. The first kappa shape index (κ1) is 21.8. The molecule has 1 aliphatic rings. The largest absolute Gasteiger partial charge is 0.497 e. The molecule has 0 spiro atoms. The Morgan fingerprint density at radius 3 is 2.33 bits per heavy atom. The van der Waals surface area contributed by atoms with Gasteiger partial charge in [-0.2, -0.15) is 0 Å². The Balaban J connectivity index is 1.23. The lowest BCUT2D eigenvalue weighted by molar-refractivity contribution is 0.120. The first-order valence-electron chi connectivity index (χ1n) is 10.9. The molecule has 0 radical (unpaired) electrons. The van der Waals surface area contributed by atoms with Crippen LogP contribution in [0.5, 0.6) is 5.75 Å². The highest BCUT2D eigenvalue weighted by Crippen LogP contribution is 2.30. The highest BCUT2D eigenvalue weighted by atomic mass is 32.1. The highest BCUT2D eigenvalue weighted by molar-refractivity contribution is 7.17. The molecule has 8 heteroatoms. The minimum Gasteiger partial charge on any atom is -0.497 e. The number of ether oxygens (including phenoxy) is 1. The second-order valence-electron chi connectivity index (χ2n) is 8.25. The van der Waals surface area contributed by atoms with E-state index < -0.39 is 0 Å². The van der Waals surface area contributed by atoms with Gasteiger partial charge >= 0.3 is 0 Å². The predicted molar refractivity (Wildman–Crippen MR) is 129 cm³/mol. The topological polar surface area (TPSA) is 61.5 Å². The Morgan fingerprint density at radius 2 is 1.67 bits per heavy atom. The molecule has 33 heavy (non-hydrogen) atoms. The van der Waals surface area contributed by atoms with Crippen molar-refractivity contribution in [1.82, 2.24) is 19.8 Å². The zero-order valence-electron chi connectivity index (χ0n) is 18.4. The molecular weight excluding hydrogens is 439 g/mol. The maximum atomic E-state index is 13.3. The average molecular weight is 465 g/mol. The number of thiophene rings is 1. The number of halogens is 1. The number of fused-ring (bicyclic) bond motifs is 1. The van der Waals surface area contributed by atoms with Crippen molar-refractivity contribution in [2.75, 3.05) is 33.3 Å². The SMILES string of the molecule is COc1ccc(CN2CCN(Cc3nc4scc(-c5ccc(F)cc5)c4c(=O)[nH]3)CC2)cc1. The number of rotatable bonds is 6. The summed E-state index contributed by atoms with van der Waals surface area (Å²) in [5.74, 6) is 1.26. The number of benzene rings is 2. The molecule has 0 aliphatic carbocycles. The lowest BCUT2D eigenvalue weighted by atomic mass is 10.1. The van der Waals surface area contributed by atoms with Crippen LogP contribution in [0.25, 0.3) is 21.3 Å². The van der Waals surface area contributed by atoms with Crippen molar-refractivity contribution in [3.63, 3.8) is 0 Å². The molecule has 0 bridgehead atoms. The van der Waals surface area contributed by atoms with Gasteiger partial charge < -0.3 is 9.72 Å². The number of hydrogen-bond acceptors (Lipinski definition) is 6. The molecule has 0 atom stereocenters. The number of piperazine rings is 1. The van der Waals surface area contributed by atoms with Crippen molar-refractivity contribution in [2.45, 2.75) is 13.1 Å². The summed E-state index contributed by atoms with van der Waals surface area (Å²) in [5, 5.41) is 2.49. The maximum Gasteiger partial charge on any atom is 0.260 e. The van der Waals surface area contributed by atoms with E-state index in [1.165, 1.54) is 29.0 Å². The molecule has 0 saturated carbocycles. The molecular formula is C25H25FN4O2S. The van der Waals surface area contributed by atoms with E-state index in [4.69, 9.17) is 9.72 Å². The van der Waals surface area contributed by atoms with E-state index in [0.29, 0.717) is 22.6 Å². The Labute approximate surface area is 195 Å². The Kier molecular flexibility index (Phi) is 6.22. The van der Waals surface area contributed by atoms with Crippen LogP contribution in [0.15, 0.2) is 58.7 Å². The van der Waals surface area contributed by atoms with E-state index in [-0.39, 0.29) is 11.4 Å². The Bertz CT molecular complexity index is 1290. The second-order valence-corrected chi connectivity index (χ2v) is 9.11. The molecule has 1 fully saturated rings. The zero-order valence-corrected chi connectivity index (χ0v) is 19.2. The van der Waals surface area contributed by atoms with Gasteiger partial charge in [0.05, 0.1) is 19.0 Å². The van der Waals surface area contributed by atoms with Gasteiger partial charge in [-0.15, -0.1) is 11.3 Å². The van der Waals surface area contributed by atoms with Gasteiger partial charge in [-0.25, -0.2) is 9.37 Å². The molecule has 170 valence electrons. The average Bonchev–Trinajstić information content (AvgIpc) is 3.26. The van der Waals surface area contributed by atoms with Crippen LogP contribution in [0.3, 0.4) is 0 Å². The van der Waals surface area contributed by atoms with Gasteiger partial charge in [0.1, 0.15) is 22.2 Å². The van der Waals surface area contributed by atoms with Crippen LogP contribution in [0.2, 0.25) is 0 Å². The molecule has 1 aliphatic heterocycles. The number of aromatic amines is 1. The summed E-state index contributed by atoms with van der Waals surface area (Å²) >= 11 is 1.45. The van der Waals surface area contributed by atoms with Crippen molar-refractivity contribution in [3.8, 4) is 16.9 Å². The van der Waals surface area contributed by atoms with Crippen molar-refractivity contribution in [2.24, 2.45) is 0 Å². The van der Waals surface area contributed by atoms with E-state index in [9.17, 15) is 9.18 Å². The monoisotopic (exact) mass is 464 g/mol. The fourth-order valence-corrected chi connectivity index (χ4v) is 5.18. The second kappa shape index (κ2) is 9.43. The van der Waals surface area contributed by atoms with Crippen LogP contribution in [-0.4, -0.2) is 53.1 Å². The number of H-pyrrole nitrogens is 1. The number of nitrogens with zero attached hydrogens (tertiary/aromatic N) is 3. The van der Waals surface area contributed by atoms with Gasteiger partial charge in [0.15, 0.2) is 0 Å². The van der Waals surface area contributed by atoms with Crippen LogP contribution in [-0.2, 0) is 13.1 Å². The Hall–Kier alpha value is -3.07. The molecule has 6 nitrogen and oxygen atoms in total. The van der Waals surface area contributed by atoms with Gasteiger partial charge in [0.2, 0.25) is 0 Å². The van der Waals surface area contributed by atoms with Crippen LogP contribution in [0, 0.1) is 5.82 Å². The van der Waals surface area contributed by atoms with Crippen LogP contribution in [0.1, 0.15) is 11.4 Å². The fourth-order valence-electron chi connectivity index (χ4n) is 4.22. The van der Waals surface area contributed by atoms with Gasteiger partial charge in [-0.1, -0.05) is 24.3 Å². The smallest absolute Gasteiger partial charge is 0.260 e. The molecule has 3 heterocycles. The summed E-state index contributed by atoms with van der Waals surface area (Å²) in [6.45, 7) is 5.30. The van der Waals surface area contributed by atoms with Gasteiger partial charge in [0.25, 0.3) is 5.56 Å². The first-order chi connectivity index (χ1) is 16.1. The summed E-state index contributed by atoms with van der Waals surface area (Å²) in [4.78, 5) is 26.0. The third-order valence-corrected chi connectivity index (χ3v) is 6.92. The van der Waals surface area contributed by atoms with Crippen LogP contribution >= 0.6 is 11.3 Å². The van der Waals surface area contributed by atoms with Gasteiger partial charge in [-0.05, 0) is 35.4 Å². The third kappa shape index (κ3) is 4.83. The van der Waals surface area contributed by atoms with E-state index in [2.05, 4.69) is 26.9 Å². The molecule has 4 aromatic rings. The fraction of sp³-hybridized carbons (Fsp3) is 0.280. The summed E-state index contributed by atoms with van der Waals surface area (Å²) in [7, 11) is 1.68. The molecule has 5 rings (SSSR count). The summed E-state index contributed by atoms with van der Waals surface area (Å²) < 4.78 is 18.5. The van der Waals surface area contributed by atoms with E-state index in [1.54, 1.807) is 19.2 Å². The third-order valence-electron chi connectivity index (χ3n) is 6.05. The number of hydrogen-bond donors (Lipinski definition) is 1. The Morgan fingerprint density at radius 1 is 1.00 bits per heavy atom. The number of aromatic nitrogens is 2. The van der Waals surface area contributed by atoms with E-state index in [0.717, 1.165) is 49.6 Å². The molecule has 0 amide bonds. The maximum absolute atomic E-state index is 13.3. The number of methoxy groups -OCH3 is 1. The summed E-state index contributed by atoms with van der Waals surface area (Å²) in [5.41, 5.74) is 2.74. The van der Waals surface area contributed by atoms with Crippen LogP contribution in [0.4, 0.5) is 4.39 Å². The zero-order chi connectivity index (χ0) is 22.8. The number of nitrogens with one attached hydrogen (secondary N) is 1. The molecule has 2 aromatic carbocycles. The lowest BCUT2D eigenvalue weighted by Crippen LogP contribution is -2.45. The molecule has 1 N–H and O–H groups in total. The van der Waals surface area contributed by atoms with Crippen molar-refractivity contribution < 1.29 is 9.13 Å². The molecule has 1 saturated heterocycles.